The van der Waals surface area contributed by atoms with Gasteiger partial charge in [0.2, 0.25) is 5.88 Å². The van der Waals surface area contributed by atoms with Gasteiger partial charge in [-0.05, 0) is 49.9 Å². The lowest BCUT2D eigenvalue weighted by Gasteiger charge is -2.11. The average molecular weight is 360 g/mol. The standard InChI is InChI=1S/C17H14ClN3O2S/c1-8-20-16(14-10-3-2-4-13(10)24-17(14)21-8)23-12-6-5-9(18)7-11(12)15(19)22/h5-7H,2-4H2,1H3,(H2,19,22). The van der Waals surface area contributed by atoms with Gasteiger partial charge < -0.3 is 10.5 Å². The van der Waals surface area contributed by atoms with E-state index in [0.717, 1.165) is 29.5 Å². The number of amides is 1. The number of aryl methyl sites for hydroxylation is 3. The average Bonchev–Trinajstić information content (AvgIpc) is 3.08. The quantitative estimate of drug-likeness (QED) is 0.765. The molecule has 2 N–H and O–H groups in total. The molecular formula is C17H14ClN3O2S. The molecule has 1 amide bonds. The minimum atomic E-state index is -0.593. The molecule has 0 atom stereocenters. The molecule has 4 rings (SSSR count). The van der Waals surface area contributed by atoms with E-state index in [9.17, 15) is 4.79 Å². The van der Waals surface area contributed by atoms with Crippen LogP contribution in [0.5, 0.6) is 11.6 Å². The van der Waals surface area contributed by atoms with Gasteiger partial charge in [0.1, 0.15) is 16.4 Å². The van der Waals surface area contributed by atoms with Gasteiger partial charge in [-0.15, -0.1) is 11.3 Å². The van der Waals surface area contributed by atoms with Gasteiger partial charge >= 0.3 is 0 Å². The third kappa shape index (κ3) is 2.52. The van der Waals surface area contributed by atoms with Gasteiger partial charge in [0.25, 0.3) is 5.91 Å². The molecule has 24 heavy (non-hydrogen) atoms. The number of benzene rings is 1. The van der Waals surface area contributed by atoms with Crippen LogP contribution in [0.15, 0.2) is 18.2 Å². The zero-order valence-corrected chi connectivity index (χ0v) is 14.5. The fourth-order valence-electron chi connectivity index (χ4n) is 3.03. The zero-order valence-electron chi connectivity index (χ0n) is 12.9. The number of halogens is 1. The Balaban J connectivity index is 1.88. The Morgan fingerprint density at radius 2 is 2.17 bits per heavy atom. The number of fused-ring (bicyclic) bond motifs is 3. The van der Waals surface area contributed by atoms with Gasteiger partial charge in [-0.25, -0.2) is 4.98 Å². The summed E-state index contributed by atoms with van der Waals surface area (Å²) < 4.78 is 6.00. The second-order valence-corrected chi connectivity index (χ2v) is 7.24. The van der Waals surface area contributed by atoms with Crippen molar-refractivity contribution in [3.63, 3.8) is 0 Å². The van der Waals surface area contributed by atoms with Crippen molar-refractivity contribution in [1.29, 1.82) is 0 Å². The van der Waals surface area contributed by atoms with E-state index in [1.807, 2.05) is 6.92 Å². The lowest BCUT2D eigenvalue weighted by molar-refractivity contribution is 0.0998. The van der Waals surface area contributed by atoms with Crippen molar-refractivity contribution >= 4 is 39.1 Å². The fourth-order valence-corrected chi connectivity index (χ4v) is 4.50. The summed E-state index contributed by atoms with van der Waals surface area (Å²) in [6.45, 7) is 1.83. The van der Waals surface area contributed by atoms with E-state index < -0.39 is 5.91 Å². The number of carbonyl (C=O) groups excluding carboxylic acids is 1. The van der Waals surface area contributed by atoms with Crippen LogP contribution in [-0.2, 0) is 12.8 Å². The van der Waals surface area contributed by atoms with Crippen LogP contribution in [0.4, 0.5) is 0 Å². The molecule has 2 aromatic heterocycles. The van der Waals surface area contributed by atoms with Crippen LogP contribution < -0.4 is 10.5 Å². The molecule has 0 saturated carbocycles. The second kappa shape index (κ2) is 5.72. The van der Waals surface area contributed by atoms with Crippen molar-refractivity contribution in [3.05, 3.63) is 45.1 Å². The van der Waals surface area contributed by atoms with E-state index in [1.165, 1.54) is 16.5 Å². The number of nitrogens with two attached hydrogens (primary N) is 1. The van der Waals surface area contributed by atoms with Crippen molar-refractivity contribution in [1.82, 2.24) is 9.97 Å². The lowest BCUT2D eigenvalue weighted by atomic mass is 10.2. The molecule has 3 aromatic rings. The van der Waals surface area contributed by atoms with Crippen molar-refractivity contribution in [2.24, 2.45) is 5.73 Å². The topological polar surface area (TPSA) is 78.1 Å². The van der Waals surface area contributed by atoms with Crippen LogP contribution in [-0.4, -0.2) is 15.9 Å². The van der Waals surface area contributed by atoms with Crippen LogP contribution in [0.2, 0.25) is 5.02 Å². The summed E-state index contributed by atoms with van der Waals surface area (Å²) in [5.41, 5.74) is 6.94. The van der Waals surface area contributed by atoms with Gasteiger partial charge in [0, 0.05) is 9.90 Å². The zero-order chi connectivity index (χ0) is 16.8. The fraction of sp³-hybridized carbons (Fsp3) is 0.235. The van der Waals surface area contributed by atoms with Gasteiger partial charge in [-0.3, -0.25) is 4.79 Å². The third-order valence-corrected chi connectivity index (χ3v) is 5.48. The predicted molar refractivity (Wildman–Crippen MR) is 94.2 cm³/mol. The van der Waals surface area contributed by atoms with Crippen molar-refractivity contribution in [2.75, 3.05) is 0 Å². The lowest BCUT2D eigenvalue weighted by Crippen LogP contribution is -2.12. The number of aromatic nitrogens is 2. The molecule has 0 saturated heterocycles. The molecule has 122 valence electrons. The van der Waals surface area contributed by atoms with Crippen LogP contribution in [0.3, 0.4) is 0 Å². The molecular weight excluding hydrogens is 346 g/mol. The van der Waals surface area contributed by atoms with Crippen molar-refractivity contribution in [2.45, 2.75) is 26.2 Å². The van der Waals surface area contributed by atoms with Crippen molar-refractivity contribution < 1.29 is 9.53 Å². The predicted octanol–water partition coefficient (Wildman–Crippen LogP) is 4.03. The Morgan fingerprint density at radius 1 is 1.33 bits per heavy atom. The maximum atomic E-state index is 11.7. The highest BCUT2D eigenvalue weighted by Crippen LogP contribution is 2.41. The highest BCUT2D eigenvalue weighted by atomic mass is 35.5. The molecule has 0 spiro atoms. The summed E-state index contributed by atoms with van der Waals surface area (Å²) >= 11 is 7.65. The Labute approximate surface area is 147 Å². The molecule has 0 fully saturated rings. The van der Waals surface area contributed by atoms with E-state index in [4.69, 9.17) is 22.1 Å². The second-order valence-electron chi connectivity index (χ2n) is 5.72. The smallest absolute Gasteiger partial charge is 0.252 e. The van der Waals surface area contributed by atoms with Gasteiger partial charge in [-0.2, -0.15) is 4.98 Å². The number of thiophene rings is 1. The minimum Gasteiger partial charge on any atom is -0.437 e. The van der Waals surface area contributed by atoms with Gasteiger partial charge in [0.05, 0.1) is 10.9 Å². The highest BCUT2D eigenvalue weighted by molar-refractivity contribution is 7.19. The normalized spacial score (nSPS) is 13.2. The largest absolute Gasteiger partial charge is 0.437 e. The molecule has 1 aliphatic carbocycles. The van der Waals surface area contributed by atoms with E-state index in [-0.39, 0.29) is 5.56 Å². The molecule has 0 aliphatic heterocycles. The first kappa shape index (κ1) is 15.4. The summed E-state index contributed by atoms with van der Waals surface area (Å²) in [5.74, 6) is 0.864. The molecule has 1 aromatic carbocycles. The summed E-state index contributed by atoms with van der Waals surface area (Å²) in [5, 5.41) is 1.38. The number of rotatable bonds is 3. The number of ether oxygens (including phenoxy) is 1. The molecule has 0 unspecified atom stereocenters. The van der Waals surface area contributed by atoms with Crippen LogP contribution in [0, 0.1) is 6.92 Å². The first-order chi connectivity index (χ1) is 11.5. The first-order valence-electron chi connectivity index (χ1n) is 7.59. The van der Waals surface area contributed by atoms with Crippen molar-refractivity contribution in [3.8, 4) is 11.6 Å². The Morgan fingerprint density at radius 3 is 2.96 bits per heavy atom. The molecule has 0 bridgehead atoms. The van der Waals surface area contributed by atoms with Crippen LogP contribution in [0.25, 0.3) is 10.2 Å². The summed E-state index contributed by atoms with van der Waals surface area (Å²) in [6.07, 6.45) is 3.21. The van der Waals surface area contributed by atoms with Crippen LogP contribution >= 0.6 is 22.9 Å². The Kier molecular flexibility index (Phi) is 3.66. The maximum absolute atomic E-state index is 11.7. The number of hydrogen-bond acceptors (Lipinski definition) is 5. The number of primary amides is 1. The summed E-state index contributed by atoms with van der Waals surface area (Å²) in [7, 11) is 0. The molecule has 0 radical (unpaired) electrons. The Hall–Kier alpha value is -2.18. The monoisotopic (exact) mass is 359 g/mol. The number of carbonyl (C=O) groups is 1. The SMILES string of the molecule is Cc1nc(Oc2ccc(Cl)cc2C(N)=O)c2c3c(sc2n1)CCC3. The highest BCUT2D eigenvalue weighted by Gasteiger charge is 2.23. The maximum Gasteiger partial charge on any atom is 0.252 e. The van der Waals surface area contributed by atoms with E-state index in [2.05, 4.69) is 9.97 Å². The van der Waals surface area contributed by atoms with E-state index in [1.54, 1.807) is 23.5 Å². The Bertz CT molecular complexity index is 984. The minimum absolute atomic E-state index is 0.235. The van der Waals surface area contributed by atoms with E-state index >= 15 is 0 Å². The first-order valence-corrected chi connectivity index (χ1v) is 8.78. The molecule has 2 heterocycles. The van der Waals surface area contributed by atoms with Gasteiger partial charge in [-0.1, -0.05) is 11.6 Å². The molecule has 7 heteroatoms. The van der Waals surface area contributed by atoms with E-state index in [0.29, 0.717) is 22.5 Å². The number of nitrogens with zero attached hydrogens (tertiary/aromatic N) is 2. The number of hydrogen-bond donors (Lipinski definition) is 1. The van der Waals surface area contributed by atoms with Crippen LogP contribution in [0.1, 0.15) is 33.0 Å². The summed E-state index contributed by atoms with van der Waals surface area (Å²) in [6, 6.07) is 4.80. The summed E-state index contributed by atoms with van der Waals surface area (Å²) in [4.78, 5) is 22.9. The van der Waals surface area contributed by atoms with Gasteiger partial charge in [0.15, 0.2) is 0 Å². The molecule has 1 aliphatic rings. The third-order valence-electron chi connectivity index (χ3n) is 4.06. The molecule has 5 nitrogen and oxygen atoms in total.